The first-order valence-corrected chi connectivity index (χ1v) is 13.0. The number of carbonyl (C=O) groups is 1. The van der Waals surface area contributed by atoms with Gasteiger partial charge in [-0.2, -0.15) is 0 Å². The van der Waals surface area contributed by atoms with Crippen LogP contribution in [-0.2, 0) is 0 Å². The lowest BCUT2D eigenvalue weighted by molar-refractivity contribution is 0.0977. The van der Waals surface area contributed by atoms with Crippen molar-refractivity contribution in [2.75, 3.05) is 11.9 Å². The monoisotopic (exact) mass is 603 g/mol. The van der Waals surface area contributed by atoms with Gasteiger partial charge in [0.25, 0.3) is 5.91 Å². The molecule has 0 fully saturated rings. The molecule has 4 rings (SSSR count). The van der Waals surface area contributed by atoms with Crippen molar-refractivity contribution >= 4 is 82.3 Å². The van der Waals surface area contributed by atoms with Crippen LogP contribution in [0.1, 0.15) is 23.7 Å². The van der Waals surface area contributed by atoms with E-state index in [1.807, 2.05) is 43.3 Å². The summed E-state index contributed by atoms with van der Waals surface area (Å²) >= 11 is 14.2. The maximum Gasteiger partial charge on any atom is 0.257 e. The van der Waals surface area contributed by atoms with Crippen LogP contribution in [0.3, 0.4) is 0 Å². The quantitative estimate of drug-likeness (QED) is 0.224. The van der Waals surface area contributed by atoms with E-state index < -0.39 is 0 Å². The van der Waals surface area contributed by atoms with E-state index in [0.717, 1.165) is 47.6 Å². The van der Waals surface area contributed by atoms with Crippen LogP contribution >= 0.6 is 55.4 Å². The molecule has 33 heavy (non-hydrogen) atoms. The van der Waals surface area contributed by atoms with Gasteiger partial charge in [-0.1, -0.05) is 35.0 Å². The van der Waals surface area contributed by atoms with E-state index in [0.29, 0.717) is 12.2 Å². The third-order valence-electron chi connectivity index (χ3n) is 4.63. The molecule has 5 nitrogen and oxygen atoms in total. The molecule has 0 bridgehead atoms. The van der Waals surface area contributed by atoms with Gasteiger partial charge in [0.15, 0.2) is 5.11 Å². The van der Waals surface area contributed by atoms with Crippen molar-refractivity contribution in [3.63, 3.8) is 0 Å². The summed E-state index contributed by atoms with van der Waals surface area (Å²) in [6, 6.07) is 18.9. The fraction of sp³-hybridized carbons (Fsp3) is 0.125. The van der Waals surface area contributed by atoms with E-state index in [1.54, 1.807) is 35.6 Å². The standard InChI is InChI=1S/C24H19Br2N3O2S2/c1-2-11-31-16-9-7-14(8-10-16)22(30)29-24(32)28-21-17(12-15(25)13-18(21)26)23-27-19-5-3-4-6-20(19)33-23/h3-10,12-13H,2,11H2,1H3,(H2,28,29,30,32). The largest absolute Gasteiger partial charge is 0.494 e. The van der Waals surface area contributed by atoms with Crippen LogP contribution in [0.15, 0.2) is 69.6 Å². The van der Waals surface area contributed by atoms with Crippen LogP contribution in [0.25, 0.3) is 20.8 Å². The van der Waals surface area contributed by atoms with Gasteiger partial charge in [-0.05, 0) is 83.1 Å². The lowest BCUT2D eigenvalue weighted by Gasteiger charge is -2.15. The molecule has 0 saturated carbocycles. The second-order valence-corrected chi connectivity index (χ2v) is 10.3. The van der Waals surface area contributed by atoms with Gasteiger partial charge in [0.2, 0.25) is 0 Å². The van der Waals surface area contributed by atoms with E-state index in [-0.39, 0.29) is 11.0 Å². The van der Waals surface area contributed by atoms with Crippen molar-refractivity contribution in [3.8, 4) is 16.3 Å². The molecule has 1 aromatic heterocycles. The fourth-order valence-corrected chi connectivity index (χ4v) is 5.61. The SMILES string of the molecule is CCCOc1ccc(C(=O)NC(=S)Nc2c(Br)cc(Br)cc2-c2nc3ccccc3s2)cc1. The first kappa shape index (κ1) is 23.8. The number of thiocarbonyl (C=S) groups is 1. The number of halogens is 2. The van der Waals surface area contributed by atoms with Gasteiger partial charge in [-0.15, -0.1) is 11.3 Å². The number of aromatic nitrogens is 1. The minimum atomic E-state index is -0.302. The van der Waals surface area contributed by atoms with Crippen LogP contribution in [0.4, 0.5) is 5.69 Å². The van der Waals surface area contributed by atoms with Gasteiger partial charge in [0.05, 0.1) is 22.5 Å². The Balaban J connectivity index is 1.53. The first-order valence-electron chi connectivity index (χ1n) is 10.1. The predicted molar refractivity (Wildman–Crippen MR) is 146 cm³/mol. The number of nitrogens with zero attached hydrogens (tertiary/aromatic N) is 1. The number of ether oxygens (including phenoxy) is 1. The molecule has 0 aliphatic rings. The molecule has 9 heteroatoms. The normalized spacial score (nSPS) is 10.8. The maximum absolute atomic E-state index is 12.7. The van der Waals surface area contributed by atoms with E-state index in [1.165, 1.54) is 0 Å². The minimum Gasteiger partial charge on any atom is -0.494 e. The second kappa shape index (κ2) is 10.7. The smallest absolute Gasteiger partial charge is 0.257 e. The van der Waals surface area contributed by atoms with Crippen LogP contribution in [0, 0.1) is 0 Å². The molecular weight excluding hydrogens is 586 g/mol. The van der Waals surface area contributed by atoms with E-state index in [2.05, 4.69) is 42.5 Å². The predicted octanol–water partition coefficient (Wildman–Crippen LogP) is 7.40. The Bertz CT molecular complexity index is 1290. The van der Waals surface area contributed by atoms with E-state index in [9.17, 15) is 4.79 Å². The zero-order valence-electron chi connectivity index (χ0n) is 17.5. The number of fused-ring (bicyclic) bond motifs is 1. The Morgan fingerprint density at radius 2 is 1.88 bits per heavy atom. The van der Waals surface area contributed by atoms with Crippen molar-refractivity contribution in [2.24, 2.45) is 0 Å². The van der Waals surface area contributed by atoms with Crippen molar-refractivity contribution < 1.29 is 9.53 Å². The fourth-order valence-electron chi connectivity index (χ4n) is 3.10. The molecule has 0 radical (unpaired) electrons. The molecule has 168 valence electrons. The summed E-state index contributed by atoms with van der Waals surface area (Å²) in [5, 5.41) is 6.94. The number of thiazole rings is 1. The number of anilines is 1. The topological polar surface area (TPSA) is 63.2 Å². The number of benzene rings is 3. The van der Waals surface area contributed by atoms with Crippen molar-refractivity contribution in [1.29, 1.82) is 0 Å². The van der Waals surface area contributed by atoms with Crippen molar-refractivity contribution in [3.05, 3.63) is 75.2 Å². The molecule has 0 aliphatic carbocycles. The number of amides is 1. The number of nitrogens with one attached hydrogen (secondary N) is 2. The minimum absolute atomic E-state index is 0.191. The molecule has 0 aliphatic heterocycles. The Labute approximate surface area is 217 Å². The molecule has 0 atom stereocenters. The van der Waals surface area contributed by atoms with Crippen LogP contribution < -0.4 is 15.4 Å². The number of hydrogen-bond donors (Lipinski definition) is 2. The van der Waals surface area contributed by atoms with Gasteiger partial charge in [-0.25, -0.2) is 4.98 Å². The molecule has 0 unspecified atom stereocenters. The van der Waals surface area contributed by atoms with Gasteiger partial charge < -0.3 is 10.1 Å². The highest BCUT2D eigenvalue weighted by Crippen LogP contribution is 2.40. The number of rotatable bonds is 6. The van der Waals surface area contributed by atoms with Crippen LogP contribution in [0.5, 0.6) is 5.75 Å². The summed E-state index contributed by atoms with van der Waals surface area (Å²) < 4.78 is 8.35. The average molecular weight is 605 g/mol. The van der Waals surface area contributed by atoms with Gasteiger partial charge in [-0.3, -0.25) is 10.1 Å². The lowest BCUT2D eigenvalue weighted by Crippen LogP contribution is -2.34. The highest BCUT2D eigenvalue weighted by atomic mass is 79.9. The Morgan fingerprint density at radius 1 is 1.12 bits per heavy atom. The van der Waals surface area contributed by atoms with E-state index >= 15 is 0 Å². The number of hydrogen-bond acceptors (Lipinski definition) is 5. The molecule has 1 heterocycles. The summed E-state index contributed by atoms with van der Waals surface area (Å²) in [4.78, 5) is 17.4. The zero-order chi connectivity index (χ0) is 23.4. The average Bonchev–Trinajstić information content (AvgIpc) is 3.23. The molecule has 2 N–H and O–H groups in total. The van der Waals surface area contributed by atoms with Crippen molar-refractivity contribution in [2.45, 2.75) is 13.3 Å². The highest BCUT2D eigenvalue weighted by Gasteiger charge is 2.17. The second-order valence-electron chi connectivity index (χ2n) is 7.08. The summed E-state index contributed by atoms with van der Waals surface area (Å²) in [6.07, 6.45) is 0.923. The molecular formula is C24H19Br2N3O2S2. The van der Waals surface area contributed by atoms with Gasteiger partial charge in [0, 0.05) is 20.1 Å². The van der Waals surface area contributed by atoms with Crippen molar-refractivity contribution in [1.82, 2.24) is 10.3 Å². The van der Waals surface area contributed by atoms with E-state index in [4.69, 9.17) is 21.9 Å². The molecule has 4 aromatic rings. The third kappa shape index (κ3) is 5.78. The van der Waals surface area contributed by atoms with Crippen LogP contribution in [-0.4, -0.2) is 22.6 Å². The Hall–Kier alpha value is -2.33. The first-order chi connectivity index (χ1) is 15.9. The molecule has 0 saturated heterocycles. The highest BCUT2D eigenvalue weighted by molar-refractivity contribution is 9.11. The van der Waals surface area contributed by atoms with Gasteiger partial charge in [0.1, 0.15) is 10.8 Å². The molecule has 3 aromatic carbocycles. The lowest BCUT2D eigenvalue weighted by atomic mass is 10.2. The summed E-state index contributed by atoms with van der Waals surface area (Å²) in [6.45, 7) is 2.68. The van der Waals surface area contributed by atoms with Crippen LogP contribution in [0.2, 0.25) is 0 Å². The van der Waals surface area contributed by atoms with Gasteiger partial charge >= 0.3 is 0 Å². The zero-order valence-corrected chi connectivity index (χ0v) is 22.3. The summed E-state index contributed by atoms with van der Waals surface area (Å²) in [5.41, 5.74) is 3.02. The molecule has 0 spiro atoms. The Morgan fingerprint density at radius 3 is 2.61 bits per heavy atom. The molecule has 1 amide bonds. The summed E-state index contributed by atoms with van der Waals surface area (Å²) in [5.74, 6) is 0.428. The maximum atomic E-state index is 12.7. The summed E-state index contributed by atoms with van der Waals surface area (Å²) in [7, 11) is 0. The number of para-hydroxylation sites is 1. The third-order valence-corrected chi connectivity index (χ3v) is 6.99. The number of carbonyl (C=O) groups excluding carboxylic acids is 1. The Kier molecular flexibility index (Phi) is 7.75.